The number of carbonyl (C=O) groups excluding carboxylic acids is 2. The van der Waals surface area contributed by atoms with Crippen LogP contribution in [0.25, 0.3) is 0 Å². The molecule has 138 valence electrons. The van der Waals surface area contributed by atoms with Crippen molar-refractivity contribution >= 4 is 17.8 Å². The molecule has 0 radical (unpaired) electrons. The highest BCUT2D eigenvalue weighted by atomic mass is 16.6. The molecule has 1 aliphatic rings. The van der Waals surface area contributed by atoms with Crippen LogP contribution >= 0.6 is 0 Å². The van der Waals surface area contributed by atoms with Gasteiger partial charge < -0.3 is 9.64 Å². The molecule has 6 nitrogen and oxygen atoms in total. The highest BCUT2D eigenvalue weighted by Crippen LogP contribution is 2.32. The number of hydrogen-bond acceptors (Lipinski definition) is 4. The molecule has 1 saturated heterocycles. The number of pyridine rings is 1. The smallest absolute Gasteiger partial charge is 0.416 e. The van der Waals surface area contributed by atoms with Crippen molar-refractivity contribution in [2.75, 3.05) is 18.0 Å². The van der Waals surface area contributed by atoms with Gasteiger partial charge in [0.05, 0.1) is 6.04 Å². The Hall–Kier alpha value is -2.11. The highest BCUT2D eigenvalue weighted by Gasteiger charge is 2.29. The summed E-state index contributed by atoms with van der Waals surface area (Å²) in [6.07, 6.45) is 4.15. The number of aromatic nitrogens is 1. The number of ether oxygens (including phenoxy) is 1. The minimum absolute atomic E-state index is 0.0835. The van der Waals surface area contributed by atoms with Crippen molar-refractivity contribution < 1.29 is 14.3 Å². The molecule has 25 heavy (non-hydrogen) atoms. The Morgan fingerprint density at radius 1 is 1.36 bits per heavy atom. The first-order valence-corrected chi connectivity index (χ1v) is 8.96. The molecule has 0 bridgehead atoms. The summed E-state index contributed by atoms with van der Waals surface area (Å²) in [6.45, 7) is 10.5. The fraction of sp³-hybridized carbons (Fsp3) is 0.632. The Balaban J connectivity index is 2.18. The van der Waals surface area contributed by atoms with Gasteiger partial charge in [0, 0.05) is 26.2 Å². The quantitative estimate of drug-likeness (QED) is 0.828. The standard InChI is InChI=1S/C19H29N3O3/c1-6-11-22(18(24)25-19(3,4)5)17-10-9-15(13-20-17)16-8-7-12-21(16)14(2)23/h9-10,13,16H,6-8,11-12H2,1-5H3/t16-/m0/s1. The van der Waals surface area contributed by atoms with E-state index in [9.17, 15) is 9.59 Å². The van der Waals surface area contributed by atoms with Crippen LogP contribution in [0.3, 0.4) is 0 Å². The summed E-state index contributed by atoms with van der Waals surface area (Å²) in [5.74, 6) is 0.667. The van der Waals surface area contributed by atoms with Crippen LogP contribution in [0.4, 0.5) is 10.6 Å². The number of likely N-dealkylation sites (tertiary alicyclic amines) is 1. The zero-order valence-corrected chi connectivity index (χ0v) is 15.9. The van der Waals surface area contributed by atoms with Crippen LogP contribution < -0.4 is 4.90 Å². The molecule has 0 aromatic carbocycles. The maximum atomic E-state index is 12.4. The van der Waals surface area contributed by atoms with Gasteiger partial charge in [-0.2, -0.15) is 0 Å². The van der Waals surface area contributed by atoms with Crippen LogP contribution in [0.1, 0.15) is 65.5 Å². The van der Waals surface area contributed by atoms with Crippen LogP contribution in [0.15, 0.2) is 18.3 Å². The lowest BCUT2D eigenvalue weighted by molar-refractivity contribution is -0.129. The summed E-state index contributed by atoms with van der Waals surface area (Å²) >= 11 is 0. The molecule has 0 N–H and O–H groups in total. The van der Waals surface area contributed by atoms with Crippen molar-refractivity contribution in [3.8, 4) is 0 Å². The summed E-state index contributed by atoms with van der Waals surface area (Å²) in [4.78, 5) is 32.1. The molecular formula is C19H29N3O3. The molecule has 1 atom stereocenters. The number of rotatable bonds is 4. The van der Waals surface area contributed by atoms with Crippen molar-refractivity contribution in [2.24, 2.45) is 0 Å². The topological polar surface area (TPSA) is 62.7 Å². The van der Waals surface area contributed by atoms with E-state index >= 15 is 0 Å². The van der Waals surface area contributed by atoms with E-state index in [0.717, 1.165) is 31.4 Å². The maximum absolute atomic E-state index is 12.4. The van der Waals surface area contributed by atoms with E-state index in [1.807, 2.05) is 44.7 Å². The summed E-state index contributed by atoms with van der Waals surface area (Å²) in [5.41, 5.74) is 0.464. The third kappa shape index (κ3) is 4.94. The van der Waals surface area contributed by atoms with Crippen molar-refractivity contribution in [2.45, 2.75) is 65.5 Å². The average molecular weight is 347 g/mol. The minimum atomic E-state index is -0.547. The second-order valence-corrected chi connectivity index (χ2v) is 7.45. The summed E-state index contributed by atoms with van der Waals surface area (Å²) in [6, 6.07) is 3.88. The lowest BCUT2D eigenvalue weighted by Crippen LogP contribution is -2.38. The van der Waals surface area contributed by atoms with E-state index in [0.29, 0.717) is 12.4 Å². The second-order valence-electron chi connectivity index (χ2n) is 7.45. The van der Waals surface area contributed by atoms with Crippen LogP contribution in [-0.4, -0.2) is 40.6 Å². The van der Waals surface area contributed by atoms with Gasteiger partial charge in [0.2, 0.25) is 5.91 Å². The van der Waals surface area contributed by atoms with Crippen molar-refractivity contribution in [3.05, 3.63) is 23.9 Å². The predicted octanol–water partition coefficient (Wildman–Crippen LogP) is 3.92. The normalized spacial score (nSPS) is 17.5. The van der Waals surface area contributed by atoms with E-state index in [1.165, 1.54) is 0 Å². The third-order valence-corrected chi connectivity index (χ3v) is 4.15. The molecule has 2 heterocycles. The van der Waals surface area contributed by atoms with Gasteiger partial charge in [0.25, 0.3) is 0 Å². The fourth-order valence-corrected chi connectivity index (χ4v) is 3.08. The molecule has 2 amide bonds. The molecule has 0 unspecified atom stereocenters. The maximum Gasteiger partial charge on any atom is 0.416 e. The largest absolute Gasteiger partial charge is 0.443 e. The fourth-order valence-electron chi connectivity index (χ4n) is 3.08. The van der Waals surface area contributed by atoms with Gasteiger partial charge in [-0.15, -0.1) is 0 Å². The zero-order valence-electron chi connectivity index (χ0n) is 15.9. The van der Waals surface area contributed by atoms with E-state index in [4.69, 9.17) is 4.74 Å². The molecule has 0 spiro atoms. The third-order valence-electron chi connectivity index (χ3n) is 4.15. The second kappa shape index (κ2) is 7.85. The number of nitrogens with zero attached hydrogens (tertiary/aromatic N) is 3. The molecular weight excluding hydrogens is 318 g/mol. The molecule has 0 saturated carbocycles. The van der Waals surface area contributed by atoms with E-state index in [1.54, 1.807) is 18.0 Å². The molecule has 6 heteroatoms. The zero-order chi connectivity index (χ0) is 18.6. The number of carbonyl (C=O) groups is 2. The van der Waals surface area contributed by atoms with E-state index < -0.39 is 5.60 Å². The Morgan fingerprint density at radius 2 is 2.08 bits per heavy atom. The summed E-state index contributed by atoms with van der Waals surface area (Å²) in [7, 11) is 0. The van der Waals surface area contributed by atoms with E-state index in [2.05, 4.69) is 4.98 Å². The number of anilines is 1. The number of hydrogen-bond donors (Lipinski definition) is 0. The Kier molecular flexibility index (Phi) is 6.03. The van der Waals surface area contributed by atoms with Gasteiger partial charge >= 0.3 is 6.09 Å². The van der Waals surface area contributed by atoms with Gasteiger partial charge in [0.15, 0.2) is 0 Å². The molecule has 0 aliphatic carbocycles. The van der Waals surface area contributed by atoms with Gasteiger partial charge in [-0.1, -0.05) is 13.0 Å². The van der Waals surface area contributed by atoms with Crippen molar-refractivity contribution in [1.82, 2.24) is 9.88 Å². The van der Waals surface area contributed by atoms with Gasteiger partial charge in [-0.25, -0.2) is 9.78 Å². The highest BCUT2D eigenvalue weighted by molar-refractivity contribution is 5.86. The SMILES string of the molecule is CCCN(C(=O)OC(C)(C)C)c1ccc([C@@H]2CCCN2C(C)=O)cn1. The first-order chi connectivity index (χ1) is 11.7. The van der Waals surface area contributed by atoms with E-state index in [-0.39, 0.29) is 18.0 Å². The first-order valence-electron chi connectivity index (χ1n) is 8.96. The Bertz CT molecular complexity index is 607. The monoisotopic (exact) mass is 347 g/mol. The first kappa shape index (κ1) is 19.2. The molecule has 1 fully saturated rings. The van der Waals surface area contributed by atoms with Gasteiger partial charge in [-0.3, -0.25) is 9.69 Å². The minimum Gasteiger partial charge on any atom is -0.443 e. The van der Waals surface area contributed by atoms with Crippen molar-refractivity contribution in [1.29, 1.82) is 0 Å². The van der Waals surface area contributed by atoms with Crippen LogP contribution in [0.2, 0.25) is 0 Å². The lowest BCUT2D eigenvalue weighted by Gasteiger charge is -2.27. The average Bonchev–Trinajstić information content (AvgIpc) is 3.01. The van der Waals surface area contributed by atoms with Gasteiger partial charge in [0.1, 0.15) is 11.4 Å². The molecule has 1 aromatic rings. The summed E-state index contributed by atoms with van der Waals surface area (Å²) in [5, 5.41) is 0. The predicted molar refractivity (Wildman–Crippen MR) is 97.5 cm³/mol. The van der Waals surface area contributed by atoms with Crippen LogP contribution in [0, 0.1) is 0 Å². The van der Waals surface area contributed by atoms with Crippen molar-refractivity contribution in [3.63, 3.8) is 0 Å². The molecule has 1 aliphatic heterocycles. The summed E-state index contributed by atoms with van der Waals surface area (Å²) < 4.78 is 5.48. The molecule has 1 aromatic heterocycles. The van der Waals surface area contributed by atoms with Crippen LogP contribution in [-0.2, 0) is 9.53 Å². The van der Waals surface area contributed by atoms with Crippen LogP contribution in [0.5, 0.6) is 0 Å². The molecule has 2 rings (SSSR count). The van der Waals surface area contributed by atoms with Gasteiger partial charge in [-0.05, 0) is 51.7 Å². The Morgan fingerprint density at radius 3 is 2.60 bits per heavy atom. The number of amides is 2. The lowest BCUT2D eigenvalue weighted by atomic mass is 10.1. The Labute approximate surface area is 150 Å².